The van der Waals surface area contributed by atoms with Gasteiger partial charge in [0.05, 0.1) is 27.9 Å². The van der Waals surface area contributed by atoms with E-state index in [1.165, 1.54) is 19.2 Å². The Morgan fingerprint density at radius 3 is 2.32 bits per heavy atom. The van der Waals surface area contributed by atoms with E-state index >= 15 is 0 Å². The Kier molecular flexibility index (Phi) is 6.57. The predicted molar refractivity (Wildman–Crippen MR) is 110 cm³/mol. The quantitative estimate of drug-likeness (QED) is 0.540. The van der Waals surface area contributed by atoms with Crippen LogP contribution >= 0.6 is 34.8 Å². The third kappa shape index (κ3) is 5.04. The van der Waals surface area contributed by atoms with Crippen LogP contribution in [0.3, 0.4) is 0 Å². The van der Waals surface area contributed by atoms with Crippen molar-refractivity contribution in [1.82, 2.24) is 10.2 Å². The van der Waals surface area contributed by atoms with Gasteiger partial charge >= 0.3 is 0 Å². The summed E-state index contributed by atoms with van der Waals surface area (Å²) in [7, 11) is 1.53. The van der Waals surface area contributed by atoms with Gasteiger partial charge in [-0.2, -0.15) is 0 Å². The third-order valence-corrected chi connectivity index (χ3v) is 4.66. The highest BCUT2D eigenvalue weighted by atomic mass is 35.5. The second kappa shape index (κ2) is 9.10. The monoisotopic (exact) mass is 437 g/mol. The standard InChI is InChI=1S/C19H14Cl3N3O3/c1-27-19-7-6-16(24-25-19)11-2-4-12(5-3-11)23-18(26)10-28-17-9-14(21)13(20)8-15(17)22/h2-9H,10H2,1H3,(H,23,26). The number of amides is 1. The van der Waals surface area contributed by atoms with Crippen LogP contribution in [0.4, 0.5) is 5.69 Å². The number of aromatic nitrogens is 2. The van der Waals surface area contributed by atoms with E-state index in [9.17, 15) is 4.79 Å². The van der Waals surface area contributed by atoms with E-state index in [4.69, 9.17) is 44.3 Å². The highest BCUT2D eigenvalue weighted by molar-refractivity contribution is 6.43. The molecule has 2 aromatic carbocycles. The maximum absolute atomic E-state index is 12.1. The second-order valence-electron chi connectivity index (χ2n) is 5.57. The van der Waals surface area contributed by atoms with Gasteiger partial charge in [-0.15, -0.1) is 10.2 Å². The molecular weight excluding hydrogens is 425 g/mol. The molecule has 144 valence electrons. The molecule has 0 bridgehead atoms. The summed E-state index contributed by atoms with van der Waals surface area (Å²) in [4.78, 5) is 12.1. The maximum atomic E-state index is 12.1. The van der Waals surface area contributed by atoms with Gasteiger partial charge in [-0.25, -0.2) is 0 Å². The van der Waals surface area contributed by atoms with Gasteiger partial charge in [0.2, 0.25) is 5.88 Å². The number of hydrogen-bond donors (Lipinski definition) is 1. The molecule has 0 aliphatic heterocycles. The molecule has 0 aliphatic carbocycles. The SMILES string of the molecule is COc1ccc(-c2ccc(NC(=O)COc3cc(Cl)c(Cl)cc3Cl)cc2)nn1. The molecule has 6 nitrogen and oxygen atoms in total. The number of nitrogens with one attached hydrogen (secondary N) is 1. The van der Waals surface area contributed by atoms with E-state index < -0.39 is 0 Å². The van der Waals surface area contributed by atoms with Gasteiger partial charge in [-0.05, 0) is 24.3 Å². The van der Waals surface area contributed by atoms with E-state index in [1.54, 1.807) is 24.3 Å². The van der Waals surface area contributed by atoms with Crippen molar-refractivity contribution in [1.29, 1.82) is 0 Å². The summed E-state index contributed by atoms with van der Waals surface area (Å²) in [6.45, 7) is -0.233. The molecule has 0 saturated heterocycles. The van der Waals surface area contributed by atoms with Crippen LogP contribution in [0, 0.1) is 0 Å². The van der Waals surface area contributed by atoms with Crippen molar-refractivity contribution in [3.8, 4) is 22.9 Å². The Balaban J connectivity index is 1.59. The molecule has 1 aromatic heterocycles. The molecule has 1 heterocycles. The van der Waals surface area contributed by atoms with Crippen LogP contribution in [0.1, 0.15) is 0 Å². The molecule has 1 N–H and O–H groups in total. The summed E-state index contributed by atoms with van der Waals surface area (Å²) >= 11 is 17.8. The van der Waals surface area contributed by atoms with Crippen molar-refractivity contribution in [3.05, 3.63) is 63.6 Å². The Morgan fingerprint density at radius 2 is 1.68 bits per heavy atom. The van der Waals surface area contributed by atoms with Crippen LogP contribution in [0.15, 0.2) is 48.5 Å². The van der Waals surface area contributed by atoms with Crippen molar-refractivity contribution < 1.29 is 14.3 Å². The first-order chi connectivity index (χ1) is 13.5. The topological polar surface area (TPSA) is 73.3 Å². The fourth-order valence-corrected chi connectivity index (χ4v) is 2.85. The molecule has 3 aromatic rings. The number of hydrogen-bond acceptors (Lipinski definition) is 5. The van der Waals surface area contributed by atoms with Crippen molar-refractivity contribution >= 4 is 46.4 Å². The first-order valence-electron chi connectivity index (χ1n) is 8.01. The number of nitrogens with zero attached hydrogens (tertiary/aromatic N) is 2. The summed E-state index contributed by atoms with van der Waals surface area (Å²) in [6.07, 6.45) is 0. The molecule has 9 heteroatoms. The molecule has 28 heavy (non-hydrogen) atoms. The number of rotatable bonds is 6. The molecule has 0 saturated carbocycles. The first-order valence-corrected chi connectivity index (χ1v) is 9.15. The number of carbonyl (C=O) groups excluding carboxylic acids is 1. The first kappa shape index (κ1) is 20.2. The molecule has 0 aliphatic rings. The predicted octanol–water partition coefficient (Wildman–Crippen LogP) is 5.13. The zero-order chi connectivity index (χ0) is 20.1. The van der Waals surface area contributed by atoms with Gasteiger partial charge in [0.15, 0.2) is 6.61 Å². The van der Waals surface area contributed by atoms with E-state index in [2.05, 4.69) is 15.5 Å². The maximum Gasteiger partial charge on any atom is 0.262 e. The molecule has 0 atom stereocenters. The Labute approximate surface area is 176 Å². The number of halogens is 3. The van der Waals surface area contributed by atoms with Crippen LogP contribution in [-0.4, -0.2) is 29.8 Å². The number of methoxy groups -OCH3 is 1. The van der Waals surface area contributed by atoms with Gasteiger partial charge in [0.1, 0.15) is 5.75 Å². The van der Waals surface area contributed by atoms with E-state index in [1.807, 2.05) is 12.1 Å². The lowest BCUT2D eigenvalue weighted by atomic mass is 10.1. The largest absolute Gasteiger partial charge is 0.482 e. The van der Waals surface area contributed by atoms with Crippen LogP contribution in [0.5, 0.6) is 11.6 Å². The summed E-state index contributed by atoms with van der Waals surface area (Å²) in [5, 5.41) is 11.6. The van der Waals surface area contributed by atoms with Gasteiger partial charge in [-0.3, -0.25) is 4.79 Å². The fraction of sp³-hybridized carbons (Fsp3) is 0.105. The number of benzene rings is 2. The summed E-state index contributed by atoms with van der Waals surface area (Å²) < 4.78 is 10.4. The molecule has 0 spiro atoms. The Bertz CT molecular complexity index is 980. The minimum Gasteiger partial charge on any atom is -0.482 e. The highest BCUT2D eigenvalue weighted by Gasteiger charge is 2.10. The lowest BCUT2D eigenvalue weighted by molar-refractivity contribution is -0.118. The van der Waals surface area contributed by atoms with Crippen LogP contribution < -0.4 is 14.8 Å². The van der Waals surface area contributed by atoms with Crippen LogP contribution in [0.2, 0.25) is 15.1 Å². The van der Waals surface area contributed by atoms with Gasteiger partial charge < -0.3 is 14.8 Å². The second-order valence-corrected chi connectivity index (χ2v) is 6.79. The van der Waals surface area contributed by atoms with E-state index in [0.29, 0.717) is 27.3 Å². The molecular formula is C19H14Cl3N3O3. The Morgan fingerprint density at radius 1 is 0.964 bits per heavy atom. The lowest BCUT2D eigenvalue weighted by Gasteiger charge is -2.10. The fourth-order valence-electron chi connectivity index (χ4n) is 2.26. The smallest absolute Gasteiger partial charge is 0.262 e. The van der Waals surface area contributed by atoms with E-state index in [-0.39, 0.29) is 23.3 Å². The molecule has 1 amide bonds. The number of ether oxygens (including phenoxy) is 2. The normalized spacial score (nSPS) is 10.4. The average Bonchev–Trinajstić information content (AvgIpc) is 2.70. The van der Waals surface area contributed by atoms with Crippen LogP contribution in [0.25, 0.3) is 11.3 Å². The van der Waals surface area contributed by atoms with Crippen molar-refractivity contribution in [2.24, 2.45) is 0 Å². The molecule has 0 radical (unpaired) electrons. The average molecular weight is 439 g/mol. The number of anilines is 1. The zero-order valence-corrected chi connectivity index (χ0v) is 16.8. The highest BCUT2D eigenvalue weighted by Crippen LogP contribution is 2.33. The minimum atomic E-state index is -0.348. The summed E-state index contributed by atoms with van der Waals surface area (Å²) in [5.74, 6) is 0.369. The minimum absolute atomic E-state index is 0.233. The molecule has 3 rings (SSSR count). The van der Waals surface area contributed by atoms with Gasteiger partial charge in [-0.1, -0.05) is 46.9 Å². The lowest BCUT2D eigenvalue weighted by Crippen LogP contribution is -2.20. The summed E-state index contributed by atoms with van der Waals surface area (Å²) in [5.41, 5.74) is 2.15. The van der Waals surface area contributed by atoms with Gasteiger partial charge in [0.25, 0.3) is 5.91 Å². The van der Waals surface area contributed by atoms with Crippen molar-refractivity contribution in [3.63, 3.8) is 0 Å². The third-order valence-electron chi connectivity index (χ3n) is 3.65. The van der Waals surface area contributed by atoms with E-state index in [0.717, 1.165) is 5.56 Å². The zero-order valence-electron chi connectivity index (χ0n) is 14.6. The van der Waals surface area contributed by atoms with Gasteiger partial charge in [0, 0.05) is 23.4 Å². The Hall–Kier alpha value is -2.54. The van der Waals surface area contributed by atoms with Crippen molar-refractivity contribution in [2.75, 3.05) is 19.0 Å². The number of carbonyl (C=O) groups is 1. The van der Waals surface area contributed by atoms with Crippen molar-refractivity contribution in [2.45, 2.75) is 0 Å². The molecule has 0 fully saturated rings. The molecule has 0 unspecified atom stereocenters. The van der Waals surface area contributed by atoms with Crippen LogP contribution in [-0.2, 0) is 4.79 Å². The summed E-state index contributed by atoms with van der Waals surface area (Å²) in [6, 6.07) is 13.6.